The molecular formula is C17H20N2O2S. The van der Waals surface area contributed by atoms with Gasteiger partial charge >= 0.3 is 5.97 Å². The molecule has 1 aliphatic rings. The summed E-state index contributed by atoms with van der Waals surface area (Å²) in [5, 5.41) is 12.4. The number of hydrogen-bond donors (Lipinski definition) is 1. The number of rotatable bonds is 5. The quantitative estimate of drug-likeness (QED) is 0.921. The zero-order valence-corrected chi connectivity index (χ0v) is 13.3. The van der Waals surface area contributed by atoms with Crippen LogP contribution < -0.4 is 0 Å². The van der Waals surface area contributed by atoms with Gasteiger partial charge < -0.3 is 5.11 Å². The van der Waals surface area contributed by atoms with Gasteiger partial charge in [0, 0.05) is 24.9 Å². The zero-order chi connectivity index (χ0) is 15.4. The molecule has 5 heteroatoms. The van der Waals surface area contributed by atoms with Crippen LogP contribution in [0.25, 0.3) is 0 Å². The van der Waals surface area contributed by atoms with Crippen molar-refractivity contribution in [1.29, 1.82) is 0 Å². The van der Waals surface area contributed by atoms with Crippen LogP contribution in [0, 0.1) is 5.92 Å². The van der Waals surface area contributed by atoms with Crippen molar-refractivity contribution in [3.8, 4) is 0 Å². The van der Waals surface area contributed by atoms with Gasteiger partial charge in [0.1, 0.15) is 0 Å². The molecule has 0 radical (unpaired) electrons. The van der Waals surface area contributed by atoms with Crippen molar-refractivity contribution in [1.82, 2.24) is 9.88 Å². The maximum Gasteiger partial charge on any atom is 0.307 e. The van der Waals surface area contributed by atoms with Crippen molar-refractivity contribution in [2.45, 2.75) is 25.8 Å². The van der Waals surface area contributed by atoms with E-state index < -0.39 is 5.97 Å². The van der Waals surface area contributed by atoms with Gasteiger partial charge in [0.05, 0.1) is 16.6 Å². The van der Waals surface area contributed by atoms with Crippen LogP contribution in [0.1, 0.15) is 29.1 Å². The maximum atomic E-state index is 11.1. The highest BCUT2D eigenvalue weighted by Crippen LogP contribution is 2.20. The third-order valence-electron chi connectivity index (χ3n) is 4.04. The topological polar surface area (TPSA) is 53.4 Å². The first kappa shape index (κ1) is 15.2. The first-order valence-corrected chi connectivity index (χ1v) is 8.51. The van der Waals surface area contributed by atoms with E-state index in [4.69, 9.17) is 10.1 Å². The molecule has 22 heavy (non-hydrogen) atoms. The first-order chi connectivity index (χ1) is 10.7. The molecule has 2 heterocycles. The van der Waals surface area contributed by atoms with Crippen LogP contribution in [0.3, 0.4) is 0 Å². The van der Waals surface area contributed by atoms with E-state index in [2.05, 4.69) is 22.4 Å². The predicted octanol–water partition coefficient (Wildman–Crippen LogP) is 3.03. The van der Waals surface area contributed by atoms with Gasteiger partial charge in [-0.25, -0.2) is 4.98 Å². The number of thiazole rings is 1. The molecule has 2 aromatic rings. The Morgan fingerprint density at radius 3 is 2.95 bits per heavy atom. The van der Waals surface area contributed by atoms with Crippen LogP contribution in [0.4, 0.5) is 0 Å². The van der Waals surface area contributed by atoms with Crippen LogP contribution in [0.2, 0.25) is 0 Å². The standard InChI is InChI=1S/C17H20N2O2S/c20-17(21)14-7-4-8-19(10-14)11-15-12-22-16(18-15)9-13-5-2-1-3-6-13/h1-3,5-6,12,14H,4,7-11H2,(H,20,21). The Kier molecular flexibility index (Phi) is 4.85. The number of aromatic nitrogens is 1. The SMILES string of the molecule is O=C(O)C1CCCN(Cc2csc(Cc3ccccc3)n2)C1. The molecule has 0 saturated carbocycles. The van der Waals surface area contributed by atoms with Crippen molar-refractivity contribution in [3.05, 3.63) is 52.0 Å². The molecule has 1 saturated heterocycles. The molecule has 1 N–H and O–H groups in total. The molecule has 0 aliphatic carbocycles. The average Bonchev–Trinajstić information content (AvgIpc) is 2.95. The monoisotopic (exact) mass is 316 g/mol. The van der Waals surface area contributed by atoms with Crippen molar-refractivity contribution >= 4 is 17.3 Å². The number of aliphatic carboxylic acids is 1. The minimum absolute atomic E-state index is 0.226. The van der Waals surface area contributed by atoms with E-state index in [9.17, 15) is 4.79 Å². The van der Waals surface area contributed by atoms with Crippen LogP contribution in [-0.2, 0) is 17.8 Å². The van der Waals surface area contributed by atoms with Crippen molar-refractivity contribution < 1.29 is 9.90 Å². The molecule has 4 nitrogen and oxygen atoms in total. The molecule has 1 fully saturated rings. The summed E-state index contributed by atoms with van der Waals surface area (Å²) in [6, 6.07) is 10.3. The highest BCUT2D eigenvalue weighted by atomic mass is 32.1. The predicted molar refractivity (Wildman–Crippen MR) is 87.0 cm³/mol. The normalized spacial score (nSPS) is 19.2. The minimum atomic E-state index is -0.673. The molecule has 1 aromatic heterocycles. The Hall–Kier alpha value is -1.72. The van der Waals surface area contributed by atoms with E-state index in [-0.39, 0.29) is 5.92 Å². The second kappa shape index (κ2) is 7.03. The number of piperidine rings is 1. The number of nitrogens with zero attached hydrogens (tertiary/aromatic N) is 2. The van der Waals surface area contributed by atoms with Crippen LogP contribution in [0.5, 0.6) is 0 Å². The van der Waals surface area contributed by atoms with Gasteiger partial charge in [-0.2, -0.15) is 0 Å². The number of carbonyl (C=O) groups is 1. The second-order valence-electron chi connectivity index (χ2n) is 5.81. The lowest BCUT2D eigenvalue weighted by Gasteiger charge is -2.29. The summed E-state index contributed by atoms with van der Waals surface area (Å²) >= 11 is 1.69. The van der Waals surface area contributed by atoms with Crippen molar-refractivity contribution in [2.24, 2.45) is 5.92 Å². The summed E-state index contributed by atoms with van der Waals surface area (Å²) in [6.45, 7) is 2.37. The largest absolute Gasteiger partial charge is 0.481 e. The van der Waals surface area contributed by atoms with Crippen LogP contribution in [-0.4, -0.2) is 34.0 Å². The molecule has 0 spiro atoms. The number of hydrogen-bond acceptors (Lipinski definition) is 4. The summed E-state index contributed by atoms with van der Waals surface area (Å²) in [5.74, 6) is -0.899. The van der Waals surface area contributed by atoms with Crippen molar-refractivity contribution in [2.75, 3.05) is 13.1 Å². The number of likely N-dealkylation sites (tertiary alicyclic amines) is 1. The third kappa shape index (κ3) is 3.93. The van der Waals surface area contributed by atoms with E-state index in [0.717, 1.165) is 43.1 Å². The van der Waals surface area contributed by atoms with Gasteiger partial charge in [-0.05, 0) is 24.9 Å². The lowest BCUT2D eigenvalue weighted by Crippen LogP contribution is -2.38. The molecule has 1 unspecified atom stereocenters. The Morgan fingerprint density at radius 1 is 1.36 bits per heavy atom. The van der Waals surface area contributed by atoms with E-state index in [1.165, 1.54) is 5.56 Å². The number of carboxylic acid groups (broad SMARTS) is 1. The van der Waals surface area contributed by atoms with Gasteiger partial charge in [-0.1, -0.05) is 30.3 Å². The molecule has 1 atom stereocenters. The fourth-order valence-electron chi connectivity index (χ4n) is 2.90. The van der Waals surface area contributed by atoms with Gasteiger partial charge in [0.15, 0.2) is 0 Å². The van der Waals surface area contributed by atoms with Gasteiger partial charge in [-0.3, -0.25) is 9.69 Å². The minimum Gasteiger partial charge on any atom is -0.481 e. The first-order valence-electron chi connectivity index (χ1n) is 7.63. The van der Waals surface area contributed by atoms with Gasteiger partial charge in [0.2, 0.25) is 0 Å². The summed E-state index contributed by atoms with van der Waals surface area (Å²) in [5.41, 5.74) is 2.33. The zero-order valence-electron chi connectivity index (χ0n) is 12.4. The average molecular weight is 316 g/mol. The Morgan fingerprint density at radius 2 is 2.18 bits per heavy atom. The molecule has 1 aromatic carbocycles. The Labute approximate surface area is 134 Å². The van der Waals surface area contributed by atoms with E-state index >= 15 is 0 Å². The number of carboxylic acids is 1. The lowest BCUT2D eigenvalue weighted by atomic mass is 9.98. The fourth-order valence-corrected chi connectivity index (χ4v) is 3.72. The molecular weight excluding hydrogens is 296 g/mol. The van der Waals surface area contributed by atoms with E-state index in [1.54, 1.807) is 11.3 Å². The summed E-state index contributed by atoms with van der Waals surface area (Å²) in [6.07, 6.45) is 2.61. The Bertz CT molecular complexity index is 627. The summed E-state index contributed by atoms with van der Waals surface area (Å²) in [7, 11) is 0. The van der Waals surface area contributed by atoms with Crippen LogP contribution >= 0.6 is 11.3 Å². The molecule has 0 bridgehead atoms. The molecule has 0 amide bonds. The smallest absolute Gasteiger partial charge is 0.307 e. The Balaban J connectivity index is 1.58. The molecule has 3 rings (SSSR count). The van der Waals surface area contributed by atoms with Gasteiger partial charge in [0.25, 0.3) is 0 Å². The van der Waals surface area contributed by atoms with Gasteiger partial charge in [-0.15, -0.1) is 11.3 Å². The fraction of sp³-hybridized carbons (Fsp3) is 0.412. The van der Waals surface area contributed by atoms with E-state index in [0.29, 0.717) is 6.54 Å². The second-order valence-corrected chi connectivity index (χ2v) is 6.75. The number of benzene rings is 1. The lowest BCUT2D eigenvalue weighted by molar-refractivity contribution is -0.143. The highest BCUT2D eigenvalue weighted by Gasteiger charge is 2.25. The van der Waals surface area contributed by atoms with E-state index in [1.807, 2.05) is 18.2 Å². The highest BCUT2D eigenvalue weighted by molar-refractivity contribution is 7.09. The molecule has 116 valence electrons. The summed E-state index contributed by atoms with van der Waals surface area (Å²) < 4.78 is 0. The summed E-state index contributed by atoms with van der Waals surface area (Å²) in [4.78, 5) is 18.0. The third-order valence-corrected chi connectivity index (χ3v) is 4.94. The van der Waals surface area contributed by atoms with Crippen molar-refractivity contribution in [3.63, 3.8) is 0 Å². The maximum absolute atomic E-state index is 11.1. The molecule has 1 aliphatic heterocycles. The van der Waals surface area contributed by atoms with Crippen LogP contribution in [0.15, 0.2) is 35.7 Å².